The fraction of sp³-hybridized carbons (Fsp3) is 0.667. The maximum atomic E-state index is 8.56. The number of hydrogen-bond donors (Lipinski definition) is 4. The fourth-order valence-electron chi connectivity index (χ4n) is 2.01. The summed E-state index contributed by atoms with van der Waals surface area (Å²) < 4.78 is 21.0. The second-order valence-electron chi connectivity index (χ2n) is 5.33. The van der Waals surface area contributed by atoms with E-state index >= 15 is 0 Å². The lowest BCUT2D eigenvalue weighted by molar-refractivity contribution is 0.0360. The van der Waals surface area contributed by atoms with E-state index in [1.165, 1.54) is 0 Å². The predicted molar refractivity (Wildman–Crippen MR) is 101 cm³/mol. The molecule has 1 rings (SSSR count). The summed E-state index contributed by atoms with van der Waals surface area (Å²) in [5.41, 5.74) is 2.07. The largest absolute Gasteiger partial charge is 0.394 e. The summed E-state index contributed by atoms with van der Waals surface area (Å²) in [6.45, 7) is 5.49. The Morgan fingerprint density at radius 2 is 0.885 bits per heavy atom. The zero-order valence-corrected chi connectivity index (χ0v) is 15.3. The Kier molecular flexibility index (Phi) is 14.8. The van der Waals surface area contributed by atoms with E-state index in [9.17, 15) is 0 Å². The Labute approximate surface area is 155 Å². The highest BCUT2D eigenvalue weighted by Crippen LogP contribution is 2.12. The topological polar surface area (TPSA) is 101 Å². The molecule has 0 atom stereocenters. The van der Waals surface area contributed by atoms with Gasteiger partial charge >= 0.3 is 0 Å². The normalized spacial score (nSPS) is 10.8. The Bertz CT molecular complexity index is 380. The molecule has 0 aliphatic heterocycles. The first-order valence-electron chi connectivity index (χ1n) is 8.97. The SMILES string of the molecule is OCCOCCOCCNc1ccc(NCCOCCOCCO)cc1. The first-order valence-corrected chi connectivity index (χ1v) is 8.97. The van der Waals surface area contributed by atoms with E-state index in [0.29, 0.717) is 52.9 Å². The van der Waals surface area contributed by atoms with Crippen molar-refractivity contribution in [2.75, 3.05) is 89.8 Å². The monoisotopic (exact) mass is 372 g/mol. The molecule has 0 heterocycles. The van der Waals surface area contributed by atoms with Crippen LogP contribution in [0.15, 0.2) is 24.3 Å². The summed E-state index contributed by atoms with van der Waals surface area (Å²) in [6.07, 6.45) is 0. The molecule has 150 valence electrons. The lowest BCUT2D eigenvalue weighted by Crippen LogP contribution is -2.14. The van der Waals surface area contributed by atoms with Gasteiger partial charge in [-0.2, -0.15) is 0 Å². The number of nitrogens with one attached hydrogen (secondary N) is 2. The Hall–Kier alpha value is -1.42. The van der Waals surface area contributed by atoms with Crippen molar-refractivity contribution in [1.29, 1.82) is 0 Å². The molecule has 0 unspecified atom stereocenters. The van der Waals surface area contributed by atoms with Gasteiger partial charge in [0.1, 0.15) is 0 Å². The summed E-state index contributed by atoms with van der Waals surface area (Å²) in [5.74, 6) is 0. The molecule has 0 fully saturated rings. The number of aliphatic hydroxyl groups excluding tert-OH is 2. The van der Waals surface area contributed by atoms with Crippen LogP contribution in [0.4, 0.5) is 11.4 Å². The first kappa shape index (κ1) is 22.6. The third-order valence-corrected chi connectivity index (χ3v) is 3.25. The van der Waals surface area contributed by atoms with Gasteiger partial charge in [-0.3, -0.25) is 0 Å². The van der Waals surface area contributed by atoms with Gasteiger partial charge in [-0.25, -0.2) is 0 Å². The number of hydrogen-bond acceptors (Lipinski definition) is 8. The van der Waals surface area contributed by atoms with Gasteiger partial charge in [-0.05, 0) is 24.3 Å². The summed E-state index contributed by atoms with van der Waals surface area (Å²) in [4.78, 5) is 0. The maximum absolute atomic E-state index is 8.56. The van der Waals surface area contributed by atoms with Crippen LogP contribution < -0.4 is 10.6 Å². The van der Waals surface area contributed by atoms with Gasteiger partial charge < -0.3 is 39.8 Å². The van der Waals surface area contributed by atoms with Crippen molar-refractivity contribution in [3.63, 3.8) is 0 Å². The summed E-state index contributed by atoms with van der Waals surface area (Å²) in [5, 5.41) is 23.7. The van der Waals surface area contributed by atoms with Crippen molar-refractivity contribution < 1.29 is 29.2 Å². The lowest BCUT2D eigenvalue weighted by atomic mass is 10.3. The van der Waals surface area contributed by atoms with Crippen LogP contribution in [-0.4, -0.2) is 89.4 Å². The molecule has 0 amide bonds. The van der Waals surface area contributed by atoms with Gasteiger partial charge in [0.2, 0.25) is 0 Å². The smallest absolute Gasteiger partial charge is 0.0701 e. The van der Waals surface area contributed by atoms with Crippen LogP contribution in [0, 0.1) is 0 Å². The van der Waals surface area contributed by atoms with E-state index in [4.69, 9.17) is 29.2 Å². The van der Waals surface area contributed by atoms with Crippen LogP contribution in [0.2, 0.25) is 0 Å². The standard InChI is InChI=1S/C18H32N2O6/c21-7-11-25-15-13-23-9-5-19-17-1-2-18(4-3-17)20-6-10-24-14-16-26-12-8-22/h1-4,19-22H,5-16H2. The molecule has 0 saturated heterocycles. The Balaban J connectivity index is 1.98. The highest BCUT2D eigenvalue weighted by atomic mass is 16.5. The van der Waals surface area contributed by atoms with Gasteiger partial charge in [0, 0.05) is 24.5 Å². The molecule has 0 spiro atoms. The van der Waals surface area contributed by atoms with E-state index in [1.54, 1.807) is 0 Å². The lowest BCUT2D eigenvalue weighted by Gasteiger charge is -2.10. The summed E-state index contributed by atoms with van der Waals surface area (Å²) in [6, 6.07) is 8.04. The minimum atomic E-state index is 0.0415. The number of aliphatic hydroxyl groups is 2. The van der Waals surface area contributed by atoms with Crippen molar-refractivity contribution in [3.05, 3.63) is 24.3 Å². The van der Waals surface area contributed by atoms with E-state index in [2.05, 4.69) is 10.6 Å². The van der Waals surface area contributed by atoms with Gasteiger partial charge in [0.05, 0.1) is 66.1 Å². The van der Waals surface area contributed by atoms with E-state index in [0.717, 1.165) is 24.5 Å². The molecule has 0 aliphatic rings. The maximum Gasteiger partial charge on any atom is 0.0701 e. The molecule has 0 radical (unpaired) electrons. The minimum absolute atomic E-state index is 0.0415. The van der Waals surface area contributed by atoms with Crippen molar-refractivity contribution in [2.45, 2.75) is 0 Å². The summed E-state index contributed by atoms with van der Waals surface area (Å²) >= 11 is 0. The van der Waals surface area contributed by atoms with E-state index < -0.39 is 0 Å². The number of rotatable bonds is 18. The third-order valence-electron chi connectivity index (χ3n) is 3.25. The number of ether oxygens (including phenoxy) is 4. The Morgan fingerprint density at radius 3 is 1.23 bits per heavy atom. The van der Waals surface area contributed by atoms with Gasteiger partial charge in [0.15, 0.2) is 0 Å². The molecule has 1 aromatic carbocycles. The van der Waals surface area contributed by atoms with Crippen LogP contribution in [0.25, 0.3) is 0 Å². The third kappa shape index (κ3) is 12.9. The second kappa shape index (κ2) is 17.0. The molecular weight excluding hydrogens is 340 g/mol. The average Bonchev–Trinajstić information content (AvgIpc) is 2.67. The molecule has 0 bridgehead atoms. The molecule has 26 heavy (non-hydrogen) atoms. The van der Waals surface area contributed by atoms with Crippen molar-refractivity contribution >= 4 is 11.4 Å². The van der Waals surface area contributed by atoms with Gasteiger partial charge in [-0.1, -0.05) is 0 Å². The van der Waals surface area contributed by atoms with Crippen molar-refractivity contribution in [2.24, 2.45) is 0 Å². The van der Waals surface area contributed by atoms with Crippen LogP contribution in [0.3, 0.4) is 0 Å². The summed E-state index contributed by atoms with van der Waals surface area (Å²) in [7, 11) is 0. The van der Waals surface area contributed by atoms with Crippen LogP contribution >= 0.6 is 0 Å². The van der Waals surface area contributed by atoms with Crippen molar-refractivity contribution in [1.82, 2.24) is 0 Å². The molecular formula is C18H32N2O6. The average molecular weight is 372 g/mol. The quantitative estimate of drug-likeness (QED) is 0.277. The molecule has 1 aromatic rings. The van der Waals surface area contributed by atoms with Crippen molar-refractivity contribution in [3.8, 4) is 0 Å². The first-order chi connectivity index (χ1) is 12.9. The Morgan fingerprint density at radius 1 is 0.538 bits per heavy atom. The molecule has 8 nitrogen and oxygen atoms in total. The molecule has 0 aromatic heterocycles. The van der Waals surface area contributed by atoms with Crippen LogP contribution in [0.5, 0.6) is 0 Å². The molecule has 4 N–H and O–H groups in total. The highest BCUT2D eigenvalue weighted by Gasteiger charge is 1.96. The minimum Gasteiger partial charge on any atom is -0.394 e. The molecule has 0 aliphatic carbocycles. The van der Waals surface area contributed by atoms with Gasteiger partial charge in [0.25, 0.3) is 0 Å². The van der Waals surface area contributed by atoms with Crippen LogP contribution in [0.1, 0.15) is 0 Å². The van der Waals surface area contributed by atoms with Crippen LogP contribution in [-0.2, 0) is 18.9 Å². The zero-order valence-electron chi connectivity index (χ0n) is 15.3. The number of benzene rings is 1. The molecule has 8 heteroatoms. The van der Waals surface area contributed by atoms with Gasteiger partial charge in [-0.15, -0.1) is 0 Å². The fourth-order valence-corrected chi connectivity index (χ4v) is 2.01. The molecule has 0 saturated carbocycles. The number of anilines is 2. The second-order valence-corrected chi connectivity index (χ2v) is 5.33. The van der Waals surface area contributed by atoms with E-state index in [-0.39, 0.29) is 13.2 Å². The predicted octanol–water partition coefficient (Wildman–Crippen LogP) is 0.561. The zero-order chi connectivity index (χ0) is 18.7. The van der Waals surface area contributed by atoms with E-state index in [1.807, 2.05) is 24.3 Å². The highest BCUT2D eigenvalue weighted by molar-refractivity contribution is 5.53.